The van der Waals surface area contributed by atoms with Crippen LogP contribution in [0, 0.1) is 23.4 Å². The number of nitrogens with one attached hydrogen (secondary N) is 10. The Labute approximate surface area is 766 Å². The van der Waals surface area contributed by atoms with E-state index in [1.165, 1.54) is 51.4 Å². The number of amides is 15. The Hall–Kier alpha value is -13.6. The summed E-state index contributed by atoms with van der Waals surface area (Å²) in [6.45, 7) is 1.91. The van der Waals surface area contributed by atoms with Crippen molar-refractivity contribution < 1.29 is 120 Å². The number of nitrogens with two attached hydrogens (primary N) is 2. The molecule has 716 valence electrons. The average Bonchev–Trinajstić information content (AvgIpc) is 1.69. The maximum atomic E-state index is 15.7. The van der Waals surface area contributed by atoms with Crippen LogP contribution in [0.25, 0.3) is 10.9 Å². The van der Waals surface area contributed by atoms with Gasteiger partial charge in [-0.15, -0.1) is 11.8 Å². The van der Waals surface area contributed by atoms with Crippen LogP contribution >= 0.6 is 11.8 Å². The number of para-hydroxylation sites is 1. The van der Waals surface area contributed by atoms with Crippen molar-refractivity contribution >= 4 is 123 Å². The number of fused-ring (bicyclic) bond motifs is 3. The number of aliphatic hydroxyl groups is 2. The number of rotatable bonds is 23. The second-order valence-corrected chi connectivity index (χ2v) is 34.4. The molecule has 0 unspecified atom stereocenters. The zero-order valence-electron chi connectivity index (χ0n) is 73.9. The first-order chi connectivity index (χ1) is 63.1. The number of H-pyrrole nitrogens is 1. The molecule has 9 rings (SSSR count). The lowest BCUT2D eigenvalue weighted by Gasteiger charge is -2.38. The quantitative estimate of drug-likeness (QED) is 0.0327. The maximum absolute atomic E-state index is 15.7. The number of aliphatic hydroxyl groups excluding tert-OH is 2. The minimum Gasteiger partial charge on any atom is -0.508 e. The molecule has 3 aliphatic rings. The zero-order chi connectivity index (χ0) is 97.4. The number of carboxylic acids is 2. The number of aromatic amines is 1. The summed E-state index contributed by atoms with van der Waals surface area (Å²) in [6, 6.07) is 6.12. The normalized spacial score (nSPS) is 24.7. The van der Waals surface area contributed by atoms with Gasteiger partial charge < -0.3 is 114 Å². The van der Waals surface area contributed by atoms with E-state index < -0.39 is 309 Å². The number of aromatic nitrogens is 1. The molecule has 3 saturated heterocycles. The van der Waals surface area contributed by atoms with E-state index in [0.29, 0.717) is 57.9 Å². The van der Waals surface area contributed by atoms with Crippen LogP contribution in [0.4, 0.5) is 13.2 Å². The van der Waals surface area contributed by atoms with Crippen molar-refractivity contribution in [3.05, 3.63) is 173 Å². The van der Waals surface area contributed by atoms with Crippen LogP contribution in [0.3, 0.4) is 0 Å². The number of carboxylic acid groups (broad SMARTS) is 2. The molecular formula is C90H112F3N17O22S. The summed E-state index contributed by atoms with van der Waals surface area (Å²) in [4.78, 5) is 256. The number of thioether (sulfide) groups is 1. The van der Waals surface area contributed by atoms with E-state index in [1.807, 2.05) is 0 Å². The standard InChI is InChI=1S/C90H112F3N17O22S/c1-7-8-23-67-89(131)110-44-55(113)38-70(110)85(127)102-63(39-75(118)119)81(123)105-77(47(2)3)90(132)107(5)68(34-48-17-11-9-12-18-48)83(125)99-60(28-29-74(116)117)87(129)109-43-54(112)37-69(109)84(126)101-62(36-52-41-96-59-22-16-15-21-56(52)59)80(122)100-61(32-50-24-26-53(111)27-25-50)79(121)103-65(40-94)82(124)104-66(78(120)97-42-72(95)114)45-133-46-73(115)98-64(33-51-30-57(91)76(93)58(92)31-51)86(128)108(6)71(88(130)106(67)4)35-49-19-13-10-14-20-49/h9-22,24-27,30-31,41,47,54-55,60-71,77,96,111-113H,7-8,23,28-29,32-40,42-46,94H2,1-6H3,(H2,95,114)(H,97,120)(H,98,115)(H,99,125)(H,100,122)(H,101,126)(H,102,127)(H,103,121)(H,104,124)(H,105,123)(H,116,117)(H,118,119)/t54-,55-,60+,61+,62+,63+,64+,65+,66+,67+,68+,69+,70-,71+,77+/m1/s1. The third kappa shape index (κ3) is 28.3. The molecule has 3 fully saturated rings. The third-order valence-electron chi connectivity index (χ3n) is 23.2. The third-order valence-corrected chi connectivity index (χ3v) is 24.3. The highest BCUT2D eigenvalue weighted by Gasteiger charge is 2.48. The molecule has 0 bridgehead atoms. The van der Waals surface area contributed by atoms with E-state index in [4.69, 9.17) is 11.5 Å². The van der Waals surface area contributed by atoms with Crippen molar-refractivity contribution in [1.82, 2.24) is 77.3 Å². The monoisotopic (exact) mass is 1870 g/mol. The highest BCUT2D eigenvalue weighted by Crippen LogP contribution is 2.29. The van der Waals surface area contributed by atoms with Crippen molar-refractivity contribution in [2.45, 2.75) is 195 Å². The Balaban J connectivity index is 1.13. The molecule has 43 heteroatoms. The second kappa shape index (κ2) is 48.0. The number of likely N-dealkylation sites (N-methyl/N-ethyl adjacent to an activating group) is 3. The van der Waals surface area contributed by atoms with Gasteiger partial charge in [-0.1, -0.05) is 125 Å². The number of aromatic hydroxyl groups is 1. The van der Waals surface area contributed by atoms with Crippen LogP contribution in [-0.2, 0) is 114 Å². The lowest BCUT2D eigenvalue weighted by atomic mass is 9.98. The second-order valence-electron chi connectivity index (χ2n) is 33.4. The van der Waals surface area contributed by atoms with Gasteiger partial charge in [0.1, 0.15) is 84.3 Å². The summed E-state index contributed by atoms with van der Waals surface area (Å²) in [5.41, 5.74) is 13.2. The summed E-state index contributed by atoms with van der Waals surface area (Å²) < 4.78 is 45.0. The SMILES string of the molecule is CCCC[C@H]1C(=O)N2C[C@H](O)C[C@@H]2C(=O)N[C@@H](CC(=O)O)C(=O)N[C@@H](C(C)C)C(=O)N(C)[C@@H](Cc2ccccc2)C(=O)N[C@@H](CCC(=O)O)C(=O)N2C[C@H](O)C[C@H]2C(=O)N[C@@H](Cc2c[nH]c3ccccc23)C(=O)N[C@@H](Cc2ccc(O)cc2)C(=O)N[C@@H](CN)C(=O)N[C@H](C(=O)NCC(N)=O)CSCC(=O)N[C@@H](Cc2cc(F)c(F)c(F)c2)C(=O)N(C)[C@@H](Cc2ccccc2)C(=O)N1C. The summed E-state index contributed by atoms with van der Waals surface area (Å²) in [5, 5.41) is 76.5. The van der Waals surface area contributed by atoms with Gasteiger partial charge in [-0.2, -0.15) is 0 Å². The van der Waals surface area contributed by atoms with E-state index in [9.17, 15) is 68.3 Å². The van der Waals surface area contributed by atoms with E-state index in [1.54, 1.807) is 91.9 Å². The number of hydrogen-bond donors (Lipinski definition) is 17. The van der Waals surface area contributed by atoms with Gasteiger partial charge >= 0.3 is 11.9 Å². The van der Waals surface area contributed by atoms with Gasteiger partial charge in [-0.25, -0.2) is 13.2 Å². The highest BCUT2D eigenvalue weighted by atomic mass is 32.2. The fraction of sp³-hybridized carbons (Fsp3) is 0.456. The molecule has 19 N–H and O–H groups in total. The number of nitrogens with zero attached hydrogens (tertiary/aromatic N) is 5. The maximum Gasteiger partial charge on any atom is 0.305 e. The Kier molecular flexibility index (Phi) is 37.3. The molecule has 5 aromatic carbocycles. The van der Waals surface area contributed by atoms with Gasteiger partial charge in [-0.3, -0.25) is 81.5 Å². The molecule has 133 heavy (non-hydrogen) atoms. The number of benzene rings is 5. The molecule has 0 saturated carbocycles. The van der Waals surface area contributed by atoms with Crippen molar-refractivity contribution in [1.29, 1.82) is 0 Å². The van der Waals surface area contributed by atoms with E-state index in [0.717, 1.165) is 38.6 Å². The molecule has 15 amide bonds. The Morgan fingerprint density at radius 3 is 1.59 bits per heavy atom. The summed E-state index contributed by atoms with van der Waals surface area (Å²) in [6.07, 6.45) is -7.11. The number of hydrogen-bond acceptors (Lipinski definition) is 22. The predicted molar refractivity (Wildman–Crippen MR) is 474 cm³/mol. The molecule has 15 atom stereocenters. The molecule has 0 radical (unpaired) electrons. The number of aliphatic carboxylic acids is 2. The van der Waals surface area contributed by atoms with Gasteiger partial charge in [0.15, 0.2) is 17.5 Å². The minimum absolute atomic E-state index is 0.155. The van der Waals surface area contributed by atoms with Crippen molar-refractivity contribution in [2.75, 3.05) is 58.8 Å². The molecule has 0 aliphatic carbocycles. The molecule has 4 heterocycles. The first kappa shape index (κ1) is 103. The lowest BCUT2D eigenvalue weighted by Crippen LogP contribution is -2.62. The van der Waals surface area contributed by atoms with Gasteiger partial charge in [-0.05, 0) is 76.9 Å². The average molecular weight is 1870 g/mol. The zero-order valence-corrected chi connectivity index (χ0v) is 74.7. The smallest absolute Gasteiger partial charge is 0.305 e. The topological polar surface area (TPSA) is 584 Å². The van der Waals surface area contributed by atoms with Crippen LogP contribution in [0.15, 0.2) is 128 Å². The minimum atomic E-state index is -2.08. The number of carbonyl (C=O) groups excluding carboxylic acids is 15. The largest absolute Gasteiger partial charge is 0.508 e. The van der Waals surface area contributed by atoms with Crippen molar-refractivity contribution in [2.24, 2.45) is 17.4 Å². The molecule has 6 aromatic rings. The van der Waals surface area contributed by atoms with Gasteiger partial charge in [0.05, 0.1) is 30.9 Å². The molecular weight excluding hydrogens is 1760 g/mol. The lowest BCUT2D eigenvalue weighted by molar-refractivity contribution is -0.152. The van der Waals surface area contributed by atoms with E-state index >= 15 is 51.9 Å². The highest BCUT2D eigenvalue weighted by molar-refractivity contribution is 8.00. The van der Waals surface area contributed by atoms with Crippen LogP contribution in [0.5, 0.6) is 5.75 Å². The summed E-state index contributed by atoms with van der Waals surface area (Å²) in [5.74, 6) is -27.6. The van der Waals surface area contributed by atoms with Crippen LogP contribution < -0.4 is 59.3 Å². The molecule has 3 aliphatic heterocycles. The van der Waals surface area contributed by atoms with Crippen molar-refractivity contribution in [3.8, 4) is 5.75 Å². The first-order valence-corrected chi connectivity index (χ1v) is 44.3. The molecule has 1 aromatic heterocycles. The fourth-order valence-electron chi connectivity index (χ4n) is 16.0. The number of unbranched alkanes of at least 4 members (excludes halogenated alkanes) is 1. The van der Waals surface area contributed by atoms with E-state index in [-0.39, 0.29) is 37.0 Å². The number of phenols is 1. The number of primary amides is 1. The number of halogens is 3. The Morgan fingerprint density at radius 2 is 1.02 bits per heavy atom. The van der Waals surface area contributed by atoms with Crippen LogP contribution in [0.1, 0.15) is 100.0 Å². The van der Waals surface area contributed by atoms with Gasteiger partial charge in [0.25, 0.3) is 0 Å². The van der Waals surface area contributed by atoms with Crippen molar-refractivity contribution in [3.63, 3.8) is 0 Å². The van der Waals surface area contributed by atoms with Crippen LogP contribution in [0.2, 0.25) is 0 Å². The Bertz CT molecular complexity index is 5220. The summed E-state index contributed by atoms with van der Waals surface area (Å²) >= 11 is 0.602. The Morgan fingerprint density at radius 1 is 0.519 bits per heavy atom. The summed E-state index contributed by atoms with van der Waals surface area (Å²) in [7, 11) is 3.52. The first-order valence-electron chi connectivity index (χ1n) is 43.2. The molecule has 39 nitrogen and oxygen atoms in total. The van der Waals surface area contributed by atoms with Crippen LogP contribution in [-0.4, -0.2) is 305 Å². The van der Waals surface area contributed by atoms with Gasteiger partial charge in [0.2, 0.25) is 88.6 Å². The van der Waals surface area contributed by atoms with Gasteiger partial charge in [0, 0.05) is 115 Å². The number of carbonyl (C=O) groups is 17. The fourth-order valence-corrected chi connectivity index (χ4v) is 16.9. The molecule has 0 spiro atoms. The predicted octanol–water partition coefficient (Wildman–Crippen LogP) is -1.42. The van der Waals surface area contributed by atoms with E-state index in [2.05, 4.69) is 52.8 Å². The number of phenolic OH excluding ortho intramolecular Hbond substituents is 1.